The van der Waals surface area contributed by atoms with Gasteiger partial charge in [0.15, 0.2) is 5.82 Å². The van der Waals surface area contributed by atoms with Crippen molar-refractivity contribution in [3.05, 3.63) is 101 Å². The lowest BCUT2D eigenvalue weighted by molar-refractivity contribution is 0.670. The molecule has 3 nitrogen and oxygen atoms in total. The molecule has 0 fully saturated rings. The standard InChI is InChI=1S/C28H19BrN2O/c29-20-15-13-18(14-16-20)24-17-25(31-28(30-24)19-7-2-1-3-8-19)23-11-6-10-22-21-9-4-5-12-26(21)32-27(22)23/h1-13,15,17H,14,16H2. The summed E-state index contributed by atoms with van der Waals surface area (Å²) in [6, 6.07) is 26.7. The van der Waals surface area contributed by atoms with Crippen LogP contribution in [0, 0.1) is 0 Å². The number of hydrogen-bond acceptors (Lipinski definition) is 3. The maximum absolute atomic E-state index is 6.29. The maximum Gasteiger partial charge on any atom is 0.160 e. The Labute approximate surface area is 194 Å². The minimum Gasteiger partial charge on any atom is -0.455 e. The van der Waals surface area contributed by atoms with Crippen LogP contribution in [0.3, 0.4) is 0 Å². The first-order valence-electron chi connectivity index (χ1n) is 10.7. The van der Waals surface area contributed by atoms with Crippen molar-refractivity contribution in [2.24, 2.45) is 0 Å². The first-order valence-corrected chi connectivity index (χ1v) is 11.5. The number of halogens is 1. The van der Waals surface area contributed by atoms with Gasteiger partial charge in [-0.3, -0.25) is 0 Å². The van der Waals surface area contributed by atoms with Crippen molar-refractivity contribution in [3.63, 3.8) is 0 Å². The molecule has 4 heteroatoms. The molecule has 0 saturated heterocycles. The first kappa shape index (κ1) is 19.2. The predicted octanol–water partition coefficient (Wildman–Crippen LogP) is 8.17. The van der Waals surface area contributed by atoms with Crippen molar-refractivity contribution in [1.82, 2.24) is 9.97 Å². The molecule has 0 saturated carbocycles. The molecule has 2 heterocycles. The average molecular weight is 479 g/mol. The summed E-state index contributed by atoms with van der Waals surface area (Å²) in [5, 5.41) is 2.22. The molecule has 0 bridgehead atoms. The molecule has 2 aromatic heterocycles. The van der Waals surface area contributed by atoms with Gasteiger partial charge >= 0.3 is 0 Å². The second-order valence-corrected chi connectivity index (χ2v) is 8.93. The molecule has 1 aliphatic rings. The van der Waals surface area contributed by atoms with E-state index in [1.165, 1.54) is 10.1 Å². The predicted molar refractivity (Wildman–Crippen MR) is 134 cm³/mol. The van der Waals surface area contributed by atoms with Crippen molar-refractivity contribution >= 4 is 43.4 Å². The SMILES string of the molecule is BrC1=CC=C(c2cc(-c3cccc4c3oc3ccccc34)nc(-c3ccccc3)n2)CC1. The number of allylic oxidation sites excluding steroid dienone is 4. The Morgan fingerprint density at radius 2 is 1.50 bits per heavy atom. The van der Waals surface area contributed by atoms with Gasteiger partial charge in [-0.15, -0.1) is 0 Å². The Kier molecular flexibility index (Phi) is 4.73. The minimum atomic E-state index is 0.723. The Balaban J connectivity index is 1.60. The molecule has 3 aromatic carbocycles. The summed E-state index contributed by atoms with van der Waals surface area (Å²) < 4.78 is 7.51. The van der Waals surface area contributed by atoms with E-state index < -0.39 is 0 Å². The fraction of sp³-hybridized carbons (Fsp3) is 0.0714. The summed E-state index contributed by atoms with van der Waals surface area (Å²) in [6.07, 6.45) is 6.18. The van der Waals surface area contributed by atoms with E-state index in [9.17, 15) is 0 Å². The molecular weight excluding hydrogens is 460 g/mol. The van der Waals surface area contributed by atoms with E-state index in [2.05, 4.69) is 70.5 Å². The van der Waals surface area contributed by atoms with Gasteiger partial charge in [0.2, 0.25) is 0 Å². The lowest BCUT2D eigenvalue weighted by Crippen LogP contribution is -2.00. The number of aromatic nitrogens is 2. The van der Waals surface area contributed by atoms with Crippen LogP contribution in [0.15, 0.2) is 99.9 Å². The highest BCUT2D eigenvalue weighted by molar-refractivity contribution is 9.11. The third-order valence-electron chi connectivity index (χ3n) is 5.87. The van der Waals surface area contributed by atoms with E-state index in [1.54, 1.807) is 0 Å². The van der Waals surface area contributed by atoms with Crippen molar-refractivity contribution in [2.45, 2.75) is 12.8 Å². The van der Waals surface area contributed by atoms with Crippen LogP contribution in [0.4, 0.5) is 0 Å². The van der Waals surface area contributed by atoms with E-state index in [0.717, 1.165) is 63.1 Å². The fourth-order valence-corrected chi connectivity index (χ4v) is 4.57. The zero-order chi connectivity index (χ0) is 21.5. The number of rotatable bonds is 3. The topological polar surface area (TPSA) is 38.9 Å². The van der Waals surface area contributed by atoms with Crippen LogP contribution in [0.5, 0.6) is 0 Å². The lowest BCUT2D eigenvalue weighted by Gasteiger charge is -2.14. The lowest BCUT2D eigenvalue weighted by atomic mass is 9.99. The summed E-state index contributed by atoms with van der Waals surface area (Å²) in [7, 11) is 0. The molecule has 1 aliphatic carbocycles. The van der Waals surface area contributed by atoms with Gasteiger partial charge in [0.05, 0.1) is 11.4 Å². The van der Waals surface area contributed by atoms with E-state index in [1.807, 2.05) is 36.4 Å². The molecule has 0 aliphatic heterocycles. The number of benzene rings is 3. The third kappa shape index (κ3) is 3.37. The monoisotopic (exact) mass is 478 g/mol. The van der Waals surface area contributed by atoms with E-state index in [4.69, 9.17) is 14.4 Å². The molecule has 0 spiro atoms. The average Bonchev–Trinajstić information content (AvgIpc) is 3.24. The molecular formula is C28H19BrN2O. The number of fused-ring (bicyclic) bond motifs is 3. The van der Waals surface area contributed by atoms with Crippen LogP contribution in [-0.4, -0.2) is 9.97 Å². The molecule has 0 N–H and O–H groups in total. The van der Waals surface area contributed by atoms with E-state index >= 15 is 0 Å². The van der Waals surface area contributed by atoms with Crippen LogP contribution >= 0.6 is 15.9 Å². The van der Waals surface area contributed by atoms with E-state index in [-0.39, 0.29) is 0 Å². The van der Waals surface area contributed by atoms with Crippen molar-refractivity contribution in [2.75, 3.05) is 0 Å². The highest BCUT2D eigenvalue weighted by atomic mass is 79.9. The van der Waals surface area contributed by atoms with Crippen LogP contribution in [0.2, 0.25) is 0 Å². The second-order valence-electron chi connectivity index (χ2n) is 7.91. The molecule has 6 rings (SSSR count). The third-order valence-corrected chi connectivity index (χ3v) is 6.53. The number of para-hydroxylation sites is 2. The summed E-state index contributed by atoms with van der Waals surface area (Å²) in [4.78, 5) is 9.93. The quantitative estimate of drug-likeness (QED) is 0.262. The molecule has 0 atom stereocenters. The molecule has 5 aromatic rings. The highest BCUT2D eigenvalue weighted by Crippen LogP contribution is 2.37. The zero-order valence-corrected chi connectivity index (χ0v) is 18.8. The van der Waals surface area contributed by atoms with Gasteiger partial charge < -0.3 is 4.42 Å². The summed E-state index contributed by atoms with van der Waals surface area (Å²) >= 11 is 3.61. The molecule has 0 unspecified atom stereocenters. The first-order chi connectivity index (χ1) is 15.8. The van der Waals surface area contributed by atoms with Crippen molar-refractivity contribution in [1.29, 1.82) is 0 Å². The van der Waals surface area contributed by atoms with Gasteiger partial charge in [0, 0.05) is 21.9 Å². The Bertz CT molecular complexity index is 1530. The molecule has 32 heavy (non-hydrogen) atoms. The van der Waals surface area contributed by atoms with Crippen molar-refractivity contribution in [3.8, 4) is 22.6 Å². The Hall–Kier alpha value is -3.50. The van der Waals surface area contributed by atoms with Crippen LogP contribution < -0.4 is 0 Å². The molecule has 0 amide bonds. The fourth-order valence-electron chi connectivity index (χ4n) is 4.24. The highest BCUT2D eigenvalue weighted by Gasteiger charge is 2.17. The van der Waals surface area contributed by atoms with Crippen LogP contribution in [0.1, 0.15) is 18.5 Å². The van der Waals surface area contributed by atoms with Gasteiger partial charge in [-0.25, -0.2) is 9.97 Å². The van der Waals surface area contributed by atoms with Crippen LogP contribution in [-0.2, 0) is 0 Å². The number of hydrogen-bond donors (Lipinski definition) is 0. The second kappa shape index (κ2) is 7.88. The molecule has 0 radical (unpaired) electrons. The van der Waals surface area contributed by atoms with Crippen LogP contribution in [0.25, 0.3) is 50.2 Å². The molecule has 154 valence electrons. The van der Waals surface area contributed by atoms with Gasteiger partial charge in [-0.05, 0) is 41.1 Å². The van der Waals surface area contributed by atoms with E-state index in [0.29, 0.717) is 0 Å². The largest absolute Gasteiger partial charge is 0.455 e. The number of nitrogens with zero attached hydrogens (tertiary/aromatic N) is 2. The summed E-state index contributed by atoms with van der Waals surface area (Å²) in [5.74, 6) is 0.723. The summed E-state index contributed by atoms with van der Waals surface area (Å²) in [5.41, 5.74) is 6.76. The van der Waals surface area contributed by atoms with Gasteiger partial charge in [0.1, 0.15) is 11.2 Å². The van der Waals surface area contributed by atoms with Gasteiger partial charge in [-0.1, -0.05) is 88.7 Å². The minimum absolute atomic E-state index is 0.723. The Morgan fingerprint density at radius 1 is 0.719 bits per heavy atom. The Morgan fingerprint density at radius 3 is 2.34 bits per heavy atom. The number of furan rings is 1. The maximum atomic E-state index is 6.29. The zero-order valence-electron chi connectivity index (χ0n) is 17.3. The van der Waals surface area contributed by atoms with Gasteiger partial charge in [-0.2, -0.15) is 0 Å². The normalized spacial score (nSPS) is 13.9. The van der Waals surface area contributed by atoms with Gasteiger partial charge in [0.25, 0.3) is 0 Å². The van der Waals surface area contributed by atoms with Crippen molar-refractivity contribution < 1.29 is 4.42 Å². The smallest absolute Gasteiger partial charge is 0.160 e. The summed E-state index contributed by atoms with van der Waals surface area (Å²) in [6.45, 7) is 0.